The van der Waals surface area contributed by atoms with Crippen LogP contribution < -0.4 is 5.43 Å². The van der Waals surface area contributed by atoms with E-state index in [9.17, 15) is 4.79 Å². The highest BCUT2D eigenvalue weighted by molar-refractivity contribution is 5.82. The third kappa shape index (κ3) is 5.59. The van der Waals surface area contributed by atoms with Gasteiger partial charge in [0.25, 0.3) is 0 Å². The number of aromatic nitrogens is 1. The third-order valence-corrected chi connectivity index (χ3v) is 2.89. The minimum atomic E-state index is -0.563. The molecule has 0 aliphatic rings. The van der Waals surface area contributed by atoms with Crippen molar-refractivity contribution < 1.29 is 14.3 Å². The quantitative estimate of drug-likeness (QED) is 0.671. The molecule has 6 nitrogen and oxygen atoms in total. The lowest BCUT2D eigenvalue weighted by Gasteiger charge is -2.18. The van der Waals surface area contributed by atoms with Crippen molar-refractivity contribution in [3.05, 3.63) is 23.0 Å². The van der Waals surface area contributed by atoms with Crippen LogP contribution in [-0.2, 0) is 16.0 Å². The fourth-order valence-corrected chi connectivity index (χ4v) is 1.94. The van der Waals surface area contributed by atoms with Crippen LogP contribution in [0.4, 0.5) is 4.79 Å². The highest BCUT2D eigenvalue weighted by atomic mass is 16.6. The van der Waals surface area contributed by atoms with Gasteiger partial charge in [-0.3, -0.25) is 0 Å². The number of carbonyl (C=O) groups excluding carboxylic acids is 1. The average Bonchev–Trinajstić information content (AvgIpc) is 2.60. The Morgan fingerprint density at radius 1 is 1.43 bits per heavy atom. The topological polar surface area (TPSA) is 64.8 Å². The first kappa shape index (κ1) is 17.2. The lowest BCUT2D eigenvalue weighted by atomic mass is 10.2. The van der Waals surface area contributed by atoms with Gasteiger partial charge < -0.3 is 14.0 Å². The second-order valence-corrected chi connectivity index (χ2v) is 5.84. The van der Waals surface area contributed by atoms with Crippen LogP contribution in [0.1, 0.15) is 37.7 Å². The third-order valence-electron chi connectivity index (χ3n) is 2.89. The van der Waals surface area contributed by atoms with Crippen LogP contribution in [0.15, 0.2) is 11.2 Å². The lowest BCUT2D eigenvalue weighted by molar-refractivity contribution is 0.0529. The van der Waals surface area contributed by atoms with Gasteiger partial charge in [-0.15, -0.1) is 0 Å². The van der Waals surface area contributed by atoms with E-state index in [1.165, 1.54) is 0 Å². The van der Waals surface area contributed by atoms with Crippen molar-refractivity contribution in [2.24, 2.45) is 5.10 Å². The zero-order chi connectivity index (χ0) is 16.0. The Kier molecular flexibility index (Phi) is 5.96. The molecule has 6 heteroatoms. The van der Waals surface area contributed by atoms with E-state index < -0.39 is 11.7 Å². The molecule has 1 aromatic heterocycles. The van der Waals surface area contributed by atoms with Gasteiger partial charge in [0.05, 0.1) is 12.8 Å². The Labute approximate surface area is 126 Å². The van der Waals surface area contributed by atoms with Crippen molar-refractivity contribution in [3.8, 4) is 0 Å². The molecular formula is C15H25N3O3. The van der Waals surface area contributed by atoms with Gasteiger partial charge in [-0.05, 0) is 40.7 Å². The fourth-order valence-electron chi connectivity index (χ4n) is 1.94. The molecule has 1 aromatic rings. The number of nitrogens with one attached hydrogen (secondary N) is 1. The summed E-state index contributed by atoms with van der Waals surface area (Å²) in [5.41, 5.74) is 5.00. The van der Waals surface area contributed by atoms with Crippen LogP contribution in [-0.4, -0.2) is 36.2 Å². The monoisotopic (exact) mass is 295 g/mol. The summed E-state index contributed by atoms with van der Waals surface area (Å²) in [6, 6.07) is 2.02. The largest absolute Gasteiger partial charge is 0.443 e. The van der Waals surface area contributed by atoms with Gasteiger partial charge in [0.1, 0.15) is 5.60 Å². The van der Waals surface area contributed by atoms with E-state index in [1.807, 2.05) is 19.9 Å². The standard InChI is InChI=1S/C15H25N3O3/c1-11-9-13(12(2)18(11)7-8-20-6)10-16-17-14(19)21-15(3,4)5/h9-10H,7-8H2,1-6H3,(H,17,19)/b16-10+. The van der Waals surface area contributed by atoms with Crippen molar-refractivity contribution in [2.75, 3.05) is 13.7 Å². The summed E-state index contributed by atoms with van der Waals surface area (Å²) in [5, 5.41) is 3.93. The van der Waals surface area contributed by atoms with Crippen LogP contribution in [0.3, 0.4) is 0 Å². The number of hydrogen-bond donors (Lipinski definition) is 1. The predicted octanol–water partition coefficient (Wildman–Crippen LogP) is 2.61. The minimum absolute atomic E-state index is 0.532. The highest BCUT2D eigenvalue weighted by Gasteiger charge is 2.15. The first-order chi connectivity index (χ1) is 9.74. The summed E-state index contributed by atoms with van der Waals surface area (Å²) in [4.78, 5) is 11.5. The first-order valence-corrected chi connectivity index (χ1v) is 6.92. The average molecular weight is 295 g/mol. The molecule has 118 valence electrons. The van der Waals surface area contributed by atoms with Gasteiger partial charge in [0.2, 0.25) is 0 Å². The molecule has 0 atom stereocenters. The molecule has 1 N–H and O–H groups in total. The molecule has 0 saturated carbocycles. The molecule has 0 aliphatic heterocycles. The zero-order valence-corrected chi connectivity index (χ0v) is 13.7. The van der Waals surface area contributed by atoms with Crippen LogP contribution in [0.5, 0.6) is 0 Å². The number of amides is 1. The first-order valence-electron chi connectivity index (χ1n) is 6.92. The van der Waals surface area contributed by atoms with E-state index in [4.69, 9.17) is 9.47 Å². The van der Waals surface area contributed by atoms with Gasteiger partial charge in [0.15, 0.2) is 0 Å². The van der Waals surface area contributed by atoms with Gasteiger partial charge in [0, 0.05) is 30.6 Å². The van der Waals surface area contributed by atoms with Crippen molar-refractivity contribution in [1.29, 1.82) is 0 Å². The Hall–Kier alpha value is -1.82. The van der Waals surface area contributed by atoms with Crippen molar-refractivity contribution >= 4 is 12.3 Å². The number of nitrogens with zero attached hydrogens (tertiary/aromatic N) is 2. The molecule has 0 unspecified atom stereocenters. The number of hydrazone groups is 1. The van der Waals surface area contributed by atoms with Crippen LogP contribution >= 0.6 is 0 Å². The number of methoxy groups -OCH3 is 1. The number of carbonyl (C=O) groups is 1. The molecule has 0 spiro atoms. The number of rotatable bonds is 5. The molecular weight excluding hydrogens is 270 g/mol. The molecule has 21 heavy (non-hydrogen) atoms. The second-order valence-electron chi connectivity index (χ2n) is 5.84. The van der Waals surface area contributed by atoms with E-state index in [-0.39, 0.29) is 0 Å². The SMILES string of the molecule is COCCn1c(C)cc(/C=N/NC(=O)OC(C)(C)C)c1C. The molecule has 1 heterocycles. The predicted molar refractivity (Wildman–Crippen MR) is 82.7 cm³/mol. The van der Waals surface area contributed by atoms with Gasteiger partial charge in [-0.2, -0.15) is 5.10 Å². The van der Waals surface area contributed by atoms with Crippen molar-refractivity contribution in [3.63, 3.8) is 0 Å². The van der Waals surface area contributed by atoms with Gasteiger partial charge >= 0.3 is 6.09 Å². The normalized spacial score (nSPS) is 11.9. The Morgan fingerprint density at radius 3 is 2.67 bits per heavy atom. The summed E-state index contributed by atoms with van der Waals surface area (Å²) in [7, 11) is 1.68. The summed E-state index contributed by atoms with van der Waals surface area (Å²) in [6.45, 7) is 10.9. The maximum Gasteiger partial charge on any atom is 0.428 e. The smallest absolute Gasteiger partial charge is 0.428 e. The minimum Gasteiger partial charge on any atom is -0.443 e. The molecule has 0 aliphatic carbocycles. The highest BCUT2D eigenvalue weighted by Crippen LogP contribution is 2.13. The number of ether oxygens (including phenoxy) is 2. The number of hydrogen-bond acceptors (Lipinski definition) is 4. The molecule has 0 fully saturated rings. The fraction of sp³-hybridized carbons (Fsp3) is 0.600. The molecule has 0 aromatic carbocycles. The Morgan fingerprint density at radius 2 is 2.10 bits per heavy atom. The maximum absolute atomic E-state index is 11.5. The van der Waals surface area contributed by atoms with Crippen LogP contribution in [0.2, 0.25) is 0 Å². The van der Waals surface area contributed by atoms with E-state index >= 15 is 0 Å². The summed E-state index contributed by atoms with van der Waals surface area (Å²) < 4.78 is 12.3. The van der Waals surface area contributed by atoms with E-state index in [1.54, 1.807) is 34.1 Å². The lowest BCUT2D eigenvalue weighted by Crippen LogP contribution is -2.29. The Balaban J connectivity index is 2.67. The molecule has 1 rings (SSSR count). The Bertz CT molecular complexity index is 513. The van der Waals surface area contributed by atoms with Crippen molar-refractivity contribution in [2.45, 2.75) is 46.8 Å². The molecule has 0 saturated heterocycles. The van der Waals surface area contributed by atoms with E-state index in [0.29, 0.717) is 6.61 Å². The summed E-state index contributed by atoms with van der Waals surface area (Å²) in [6.07, 6.45) is 1.06. The maximum atomic E-state index is 11.5. The van der Waals surface area contributed by atoms with Gasteiger partial charge in [-0.25, -0.2) is 10.2 Å². The van der Waals surface area contributed by atoms with E-state index in [2.05, 4.69) is 15.1 Å². The van der Waals surface area contributed by atoms with Gasteiger partial charge in [-0.1, -0.05) is 0 Å². The summed E-state index contributed by atoms with van der Waals surface area (Å²) in [5.74, 6) is 0. The van der Waals surface area contributed by atoms with E-state index in [0.717, 1.165) is 23.5 Å². The van der Waals surface area contributed by atoms with Crippen molar-refractivity contribution in [1.82, 2.24) is 9.99 Å². The molecule has 0 bridgehead atoms. The second kappa shape index (κ2) is 7.26. The summed E-state index contributed by atoms with van der Waals surface area (Å²) >= 11 is 0. The van der Waals surface area contributed by atoms with Crippen LogP contribution in [0, 0.1) is 13.8 Å². The number of aryl methyl sites for hydroxylation is 1. The molecule has 0 radical (unpaired) electrons. The zero-order valence-electron chi connectivity index (χ0n) is 13.7. The molecule has 1 amide bonds. The van der Waals surface area contributed by atoms with Crippen LogP contribution in [0.25, 0.3) is 0 Å².